The molecule has 0 bridgehead atoms. The molecule has 1 atom stereocenters. The lowest BCUT2D eigenvalue weighted by Gasteiger charge is -2.38. The summed E-state index contributed by atoms with van der Waals surface area (Å²) in [6.07, 6.45) is -6.83. The van der Waals surface area contributed by atoms with Crippen molar-refractivity contribution in [2.75, 3.05) is 39.3 Å². The number of alkyl halides is 3. The molecule has 0 aromatic heterocycles. The molecule has 1 rings (SSSR count). The predicted molar refractivity (Wildman–Crippen MR) is 61.2 cm³/mol. The van der Waals surface area contributed by atoms with Crippen molar-refractivity contribution in [3.63, 3.8) is 0 Å². The molecular weight excluding hydrogens is 249 g/mol. The lowest BCUT2D eigenvalue weighted by molar-refractivity contribution is -0.209. The summed E-state index contributed by atoms with van der Waals surface area (Å²) in [5, 5.41) is 18.6. The Morgan fingerprint density at radius 3 is 1.89 bits per heavy atom. The van der Waals surface area contributed by atoms with Crippen LogP contribution >= 0.6 is 0 Å². The van der Waals surface area contributed by atoms with Crippen molar-refractivity contribution in [2.45, 2.75) is 31.7 Å². The summed E-state index contributed by atoms with van der Waals surface area (Å²) in [6.45, 7) is 5.69. The fourth-order valence-corrected chi connectivity index (χ4v) is 2.03. The number of rotatable bonds is 4. The molecule has 2 N–H and O–H groups in total. The fraction of sp³-hybridized carbons (Fsp3) is 1.00. The van der Waals surface area contributed by atoms with Gasteiger partial charge in [0.25, 0.3) is 0 Å². The molecule has 1 unspecified atom stereocenters. The summed E-state index contributed by atoms with van der Waals surface area (Å²) in [7, 11) is 0. The molecule has 4 nitrogen and oxygen atoms in total. The highest BCUT2D eigenvalue weighted by Gasteiger charge is 2.39. The Bertz CT molecular complexity index is 258. The van der Waals surface area contributed by atoms with Crippen LogP contribution in [0.3, 0.4) is 0 Å². The fourth-order valence-electron chi connectivity index (χ4n) is 2.03. The maximum absolute atomic E-state index is 12.2. The summed E-state index contributed by atoms with van der Waals surface area (Å²) >= 11 is 0. The van der Waals surface area contributed by atoms with Crippen LogP contribution in [0.4, 0.5) is 13.2 Å². The van der Waals surface area contributed by atoms with Gasteiger partial charge in [0.15, 0.2) is 6.10 Å². The maximum atomic E-state index is 12.2. The normalized spacial score (nSPS) is 22.2. The SMILES string of the molecule is CC(C)(O)CN1CCN(CC(O)C(F)(F)F)CC1. The van der Waals surface area contributed by atoms with Crippen LogP contribution in [-0.2, 0) is 0 Å². The number of aliphatic hydroxyl groups is 2. The number of halogens is 3. The van der Waals surface area contributed by atoms with Crippen molar-refractivity contribution in [3.8, 4) is 0 Å². The molecule has 7 heteroatoms. The molecule has 0 amide bonds. The van der Waals surface area contributed by atoms with E-state index in [0.717, 1.165) is 0 Å². The van der Waals surface area contributed by atoms with Crippen LogP contribution < -0.4 is 0 Å². The smallest absolute Gasteiger partial charge is 0.389 e. The van der Waals surface area contributed by atoms with Gasteiger partial charge in [0.2, 0.25) is 0 Å². The van der Waals surface area contributed by atoms with Crippen molar-refractivity contribution in [1.82, 2.24) is 9.80 Å². The zero-order chi connectivity index (χ0) is 14.0. The van der Waals surface area contributed by atoms with Crippen molar-refractivity contribution < 1.29 is 23.4 Å². The monoisotopic (exact) mass is 270 g/mol. The Hall–Kier alpha value is -0.370. The summed E-state index contributed by atoms with van der Waals surface area (Å²) in [5.41, 5.74) is -0.798. The van der Waals surface area contributed by atoms with Crippen molar-refractivity contribution in [2.24, 2.45) is 0 Å². The molecular formula is C11H21F3N2O2. The summed E-state index contributed by atoms with van der Waals surface area (Å²) < 4.78 is 36.5. The van der Waals surface area contributed by atoms with Gasteiger partial charge in [-0.1, -0.05) is 0 Å². The van der Waals surface area contributed by atoms with Crippen LogP contribution in [0.2, 0.25) is 0 Å². The lowest BCUT2D eigenvalue weighted by Crippen LogP contribution is -2.53. The number of hydrogen-bond donors (Lipinski definition) is 2. The van der Waals surface area contributed by atoms with E-state index in [0.29, 0.717) is 32.7 Å². The quantitative estimate of drug-likeness (QED) is 0.771. The summed E-state index contributed by atoms with van der Waals surface area (Å²) in [5.74, 6) is 0. The Kier molecular flexibility index (Phi) is 4.99. The Morgan fingerprint density at radius 2 is 1.50 bits per heavy atom. The molecule has 108 valence electrons. The van der Waals surface area contributed by atoms with Crippen molar-refractivity contribution in [1.29, 1.82) is 0 Å². The third-order valence-electron chi connectivity index (χ3n) is 2.88. The van der Waals surface area contributed by atoms with Crippen molar-refractivity contribution >= 4 is 0 Å². The molecule has 1 fully saturated rings. The highest BCUT2D eigenvalue weighted by atomic mass is 19.4. The van der Waals surface area contributed by atoms with Crippen LogP contribution in [-0.4, -0.2) is 77.2 Å². The van der Waals surface area contributed by atoms with E-state index in [1.54, 1.807) is 18.7 Å². The van der Waals surface area contributed by atoms with Crippen LogP contribution in [0.1, 0.15) is 13.8 Å². The molecule has 0 aliphatic carbocycles. The number of β-amino-alcohol motifs (C(OH)–C–C–N with tert-alkyl or cyclic N) is 2. The molecule has 0 aromatic rings. The lowest BCUT2D eigenvalue weighted by atomic mass is 10.1. The molecule has 1 aliphatic rings. The molecule has 0 saturated carbocycles. The van der Waals surface area contributed by atoms with E-state index in [1.807, 2.05) is 4.90 Å². The van der Waals surface area contributed by atoms with E-state index in [-0.39, 0.29) is 6.54 Å². The Morgan fingerprint density at radius 1 is 1.06 bits per heavy atom. The van der Waals surface area contributed by atoms with Gasteiger partial charge >= 0.3 is 6.18 Å². The molecule has 0 radical (unpaired) electrons. The van der Waals surface area contributed by atoms with Crippen LogP contribution in [0.5, 0.6) is 0 Å². The topological polar surface area (TPSA) is 46.9 Å². The van der Waals surface area contributed by atoms with E-state index in [4.69, 9.17) is 5.11 Å². The van der Waals surface area contributed by atoms with E-state index in [1.165, 1.54) is 0 Å². The van der Waals surface area contributed by atoms with E-state index >= 15 is 0 Å². The first-order valence-electron chi connectivity index (χ1n) is 6.00. The zero-order valence-electron chi connectivity index (χ0n) is 10.7. The second-order valence-corrected chi connectivity index (χ2v) is 5.45. The molecule has 1 saturated heterocycles. The van der Waals surface area contributed by atoms with Gasteiger partial charge in [0.05, 0.1) is 5.60 Å². The van der Waals surface area contributed by atoms with E-state index in [2.05, 4.69) is 0 Å². The molecule has 0 aromatic carbocycles. The first kappa shape index (κ1) is 15.7. The molecule has 1 heterocycles. The van der Waals surface area contributed by atoms with Gasteiger partial charge in [0, 0.05) is 39.3 Å². The molecule has 0 spiro atoms. The van der Waals surface area contributed by atoms with Gasteiger partial charge in [-0.05, 0) is 13.8 Å². The third-order valence-corrected chi connectivity index (χ3v) is 2.88. The Balaban J connectivity index is 2.32. The average Bonchev–Trinajstić information content (AvgIpc) is 2.17. The van der Waals surface area contributed by atoms with E-state index < -0.39 is 17.9 Å². The second kappa shape index (κ2) is 5.73. The van der Waals surface area contributed by atoms with Crippen LogP contribution in [0.25, 0.3) is 0 Å². The highest BCUT2D eigenvalue weighted by Crippen LogP contribution is 2.21. The Labute approximate surface area is 105 Å². The number of nitrogens with zero attached hydrogens (tertiary/aromatic N) is 2. The first-order chi connectivity index (χ1) is 8.08. The average molecular weight is 270 g/mol. The largest absolute Gasteiger partial charge is 0.415 e. The molecule has 18 heavy (non-hydrogen) atoms. The van der Waals surface area contributed by atoms with Gasteiger partial charge in [-0.15, -0.1) is 0 Å². The van der Waals surface area contributed by atoms with Gasteiger partial charge < -0.3 is 10.2 Å². The molecule has 1 aliphatic heterocycles. The maximum Gasteiger partial charge on any atom is 0.415 e. The highest BCUT2D eigenvalue weighted by molar-refractivity contribution is 4.80. The minimum Gasteiger partial charge on any atom is -0.389 e. The standard InChI is InChI=1S/C11H21F3N2O2/c1-10(2,18)8-16-5-3-15(4-6-16)7-9(17)11(12,13)14/h9,17-18H,3-8H2,1-2H3. The second-order valence-electron chi connectivity index (χ2n) is 5.45. The number of piperazine rings is 1. The zero-order valence-corrected chi connectivity index (χ0v) is 10.7. The third kappa shape index (κ3) is 5.51. The first-order valence-corrected chi connectivity index (χ1v) is 6.00. The van der Waals surface area contributed by atoms with Gasteiger partial charge in [0.1, 0.15) is 0 Å². The number of hydrogen-bond acceptors (Lipinski definition) is 4. The summed E-state index contributed by atoms with van der Waals surface area (Å²) in [4.78, 5) is 3.61. The van der Waals surface area contributed by atoms with Gasteiger partial charge in [-0.3, -0.25) is 9.80 Å². The van der Waals surface area contributed by atoms with Gasteiger partial charge in [-0.25, -0.2) is 0 Å². The van der Waals surface area contributed by atoms with Crippen molar-refractivity contribution in [3.05, 3.63) is 0 Å². The summed E-state index contributed by atoms with van der Waals surface area (Å²) in [6, 6.07) is 0. The predicted octanol–water partition coefficient (Wildman–Crippen LogP) is 0.298. The number of aliphatic hydroxyl groups excluding tert-OH is 1. The van der Waals surface area contributed by atoms with Crippen LogP contribution in [0.15, 0.2) is 0 Å². The van der Waals surface area contributed by atoms with Crippen LogP contribution in [0, 0.1) is 0 Å². The minimum absolute atomic E-state index is 0.375. The van der Waals surface area contributed by atoms with E-state index in [9.17, 15) is 18.3 Å². The minimum atomic E-state index is -4.55. The van der Waals surface area contributed by atoms with Gasteiger partial charge in [-0.2, -0.15) is 13.2 Å².